The number of hydrogen-bond acceptors (Lipinski definition) is 4. The number of nitrogens with zero attached hydrogens (tertiary/aromatic N) is 3. The van der Waals surface area contributed by atoms with Crippen LogP contribution < -0.4 is 16.6 Å². The predicted molar refractivity (Wildman–Crippen MR) is 71.2 cm³/mol. The zero-order valence-electron chi connectivity index (χ0n) is 11.1. The number of aromatic amines is 1. The van der Waals surface area contributed by atoms with Gasteiger partial charge in [-0.15, -0.1) is 0 Å². The van der Waals surface area contributed by atoms with Gasteiger partial charge in [0.2, 0.25) is 0 Å². The summed E-state index contributed by atoms with van der Waals surface area (Å²) in [7, 11) is 3.10. The Balaban J connectivity index is 2.20. The fraction of sp³-hybridized carbons (Fsp3) is 0.583. The van der Waals surface area contributed by atoms with E-state index in [4.69, 9.17) is 0 Å². The maximum Gasteiger partial charge on any atom is 0.332 e. The molecule has 2 aromatic heterocycles. The zero-order chi connectivity index (χ0) is 13.6. The number of hydrogen-bond donors (Lipinski definition) is 2. The molecule has 2 N–H and O–H groups in total. The minimum atomic E-state index is -0.354. The van der Waals surface area contributed by atoms with E-state index in [1.54, 1.807) is 7.05 Å². The third-order valence-electron chi connectivity index (χ3n) is 3.75. The monoisotopic (exact) mass is 263 g/mol. The number of fused-ring (bicyclic) bond motifs is 1. The summed E-state index contributed by atoms with van der Waals surface area (Å²) in [6.45, 7) is 0.957. The zero-order valence-corrected chi connectivity index (χ0v) is 11.1. The Labute approximate surface area is 109 Å². The molecule has 1 aliphatic heterocycles. The van der Waals surface area contributed by atoms with Gasteiger partial charge in [0, 0.05) is 14.1 Å². The normalized spacial score (nSPS) is 20.0. The Morgan fingerprint density at radius 1 is 1.21 bits per heavy atom. The summed E-state index contributed by atoms with van der Waals surface area (Å²) in [5.41, 5.74) is 0.141. The van der Waals surface area contributed by atoms with Crippen molar-refractivity contribution in [1.82, 2.24) is 24.4 Å². The fourth-order valence-electron chi connectivity index (χ4n) is 2.59. The molecule has 0 spiro atoms. The van der Waals surface area contributed by atoms with Crippen LogP contribution in [0.4, 0.5) is 0 Å². The number of rotatable bonds is 1. The average Bonchev–Trinajstić information content (AvgIpc) is 2.89. The van der Waals surface area contributed by atoms with E-state index in [2.05, 4.69) is 15.3 Å². The molecule has 0 saturated carbocycles. The van der Waals surface area contributed by atoms with Crippen LogP contribution in [0.5, 0.6) is 0 Å². The molecule has 0 radical (unpaired) electrons. The molecule has 0 aliphatic carbocycles. The van der Waals surface area contributed by atoms with Crippen molar-refractivity contribution in [3.63, 3.8) is 0 Å². The van der Waals surface area contributed by atoms with Gasteiger partial charge in [-0.25, -0.2) is 9.78 Å². The van der Waals surface area contributed by atoms with Gasteiger partial charge in [0.25, 0.3) is 5.56 Å². The standard InChI is InChI=1S/C12H17N5O2/c1-16-10-8(11(18)17(2)12(16)19)14-9(15-10)7-5-3-4-6-13-7/h7,13H,3-6H2,1-2H3,(H,14,15). The number of aromatic nitrogens is 4. The van der Waals surface area contributed by atoms with Crippen molar-refractivity contribution >= 4 is 11.2 Å². The maximum absolute atomic E-state index is 12.1. The molecule has 19 heavy (non-hydrogen) atoms. The fourth-order valence-corrected chi connectivity index (χ4v) is 2.59. The Morgan fingerprint density at radius 2 is 2.00 bits per heavy atom. The molecule has 1 atom stereocenters. The summed E-state index contributed by atoms with van der Waals surface area (Å²) in [4.78, 5) is 31.4. The summed E-state index contributed by atoms with van der Waals surface area (Å²) < 4.78 is 2.50. The van der Waals surface area contributed by atoms with Crippen LogP contribution >= 0.6 is 0 Å². The quantitative estimate of drug-likeness (QED) is 0.744. The molecule has 1 unspecified atom stereocenters. The van der Waals surface area contributed by atoms with Crippen LogP contribution in [0.3, 0.4) is 0 Å². The van der Waals surface area contributed by atoms with Crippen LogP contribution in [-0.2, 0) is 14.1 Å². The molecule has 0 amide bonds. The molecule has 1 fully saturated rings. The third kappa shape index (κ3) is 1.81. The molecule has 1 aliphatic rings. The van der Waals surface area contributed by atoms with Crippen LogP contribution in [0, 0.1) is 0 Å². The molecule has 3 heterocycles. The van der Waals surface area contributed by atoms with Crippen LogP contribution in [-0.4, -0.2) is 25.6 Å². The Bertz CT molecular complexity index is 733. The third-order valence-corrected chi connectivity index (χ3v) is 3.75. The number of H-pyrrole nitrogens is 1. The molecular formula is C12H17N5O2. The van der Waals surface area contributed by atoms with Crippen molar-refractivity contribution in [2.75, 3.05) is 6.54 Å². The predicted octanol–water partition coefficient (Wildman–Crippen LogP) is -0.225. The van der Waals surface area contributed by atoms with Crippen molar-refractivity contribution in [3.05, 3.63) is 26.7 Å². The highest BCUT2D eigenvalue weighted by Crippen LogP contribution is 2.21. The Kier molecular flexibility index (Phi) is 2.78. The first-order valence-electron chi connectivity index (χ1n) is 6.48. The summed E-state index contributed by atoms with van der Waals surface area (Å²) in [6.07, 6.45) is 3.30. The topological polar surface area (TPSA) is 84.7 Å². The number of aryl methyl sites for hydroxylation is 1. The highest BCUT2D eigenvalue weighted by molar-refractivity contribution is 5.69. The second-order valence-corrected chi connectivity index (χ2v) is 5.03. The van der Waals surface area contributed by atoms with E-state index in [9.17, 15) is 9.59 Å². The van der Waals surface area contributed by atoms with Gasteiger partial charge in [0.15, 0.2) is 5.65 Å². The van der Waals surface area contributed by atoms with Gasteiger partial charge in [-0.1, -0.05) is 6.42 Å². The van der Waals surface area contributed by atoms with Crippen LogP contribution in [0.2, 0.25) is 0 Å². The van der Waals surface area contributed by atoms with Gasteiger partial charge in [0.05, 0.1) is 6.04 Å². The van der Waals surface area contributed by atoms with Gasteiger partial charge >= 0.3 is 5.69 Å². The molecule has 1 saturated heterocycles. The van der Waals surface area contributed by atoms with E-state index in [1.165, 1.54) is 11.6 Å². The lowest BCUT2D eigenvalue weighted by Crippen LogP contribution is -2.36. The molecular weight excluding hydrogens is 246 g/mol. The molecule has 3 rings (SSSR count). The number of piperidine rings is 1. The highest BCUT2D eigenvalue weighted by Gasteiger charge is 2.20. The van der Waals surface area contributed by atoms with Gasteiger partial charge in [-0.05, 0) is 19.4 Å². The molecule has 7 heteroatoms. The van der Waals surface area contributed by atoms with Crippen molar-refractivity contribution in [2.24, 2.45) is 14.1 Å². The summed E-state index contributed by atoms with van der Waals surface area (Å²) in [6, 6.07) is 0.140. The van der Waals surface area contributed by atoms with Crippen molar-refractivity contribution in [1.29, 1.82) is 0 Å². The Hall–Kier alpha value is -1.89. The minimum absolute atomic E-state index is 0.140. The number of imidazole rings is 1. The van der Waals surface area contributed by atoms with Gasteiger partial charge in [-0.3, -0.25) is 13.9 Å². The smallest absolute Gasteiger partial charge is 0.332 e. The van der Waals surface area contributed by atoms with E-state index in [1.807, 2.05) is 0 Å². The second-order valence-electron chi connectivity index (χ2n) is 5.03. The second kappa shape index (κ2) is 4.34. The first kappa shape index (κ1) is 12.2. The first-order chi connectivity index (χ1) is 9.09. The van der Waals surface area contributed by atoms with E-state index >= 15 is 0 Å². The summed E-state index contributed by atoms with van der Waals surface area (Å²) in [5.74, 6) is 0.744. The van der Waals surface area contributed by atoms with Crippen LogP contribution in [0.15, 0.2) is 9.59 Å². The van der Waals surface area contributed by atoms with Gasteiger partial charge < -0.3 is 10.3 Å². The van der Waals surface area contributed by atoms with E-state index in [-0.39, 0.29) is 17.3 Å². The molecule has 102 valence electrons. The van der Waals surface area contributed by atoms with E-state index in [0.717, 1.165) is 36.2 Å². The molecule has 0 aromatic carbocycles. The summed E-state index contributed by atoms with van der Waals surface area (Å²) >= 11 is 0. The lowest BCUT2D eigenvalue weighted by atomic mass is 10.0. The van der Waals surface area contributed by atoms with Crippen molar-refractivity contribution in [3.8, 4) is 0 Å². The lowest BCUT2D eigenvalue weighted by Gasteiger charge is -2.21. The average molecular weight is 263 g/mol. The SMILES string of the molecule is Cn1c(=O)c2[nH]c(C3CCCCN3)nc2n(C)c1=O. The maximum atomic E-state index is 12.1. The molecule has 2 aromatic rings. The van der Waals surface area contributed by atoms with Gasteiger partial charge in [0.1, 0.15) is 11.3 Å². The van der Waals surface area contributed by atoms with E-state index < -0.39 is 0 Å². The van der Waals surface area contributed by atoms with Crippen molar-refractivity contribution in [2.45, 2.75) is 25.3 Å². The number of nitrogens with one attached hydrogen (secondary N) is 2. The minimum Gasteiger partial charge on any atom is -0.335 e. The van der Waals surface area contributed by atoms with Crippen LogP contribution in [0.1, 0.15) is 31.1 Å². The van der Waals surface area contributed by atoms with Gasteiger partial charge in [-0.2, -0.15) is 0 Å². The Morgan fingerprint density at radius 3 is 2.68 bits per heavy atom. The molecule has 7 nitrogen and oxygen atoms in total. The van der Waals surface area contributed by atoms with E-state index in [0.29, 0.717) is 11.2 Å². The van der Waals surface area contributed by atoms with Crippen LogP contribution in [0.25, 0.3) is 11.2 Å². The highest BCUT2D eigenvalue weighted by atomic mass is 16.2. The lowest BCUT2D eigenvalue weighted by molar-refractivity contribution is 0.400. The molecule has 0 bridgehead atoms. The first-order valence-corrected chi connectivity index (χ1v) is 6.48. The van der Waals surface area contributed by atoms with Crippen molar-refractivity contribution < 1.29 is 0 Å². The largest absolute Gasteiger partial charge is 0.335 e. The summed E-state index contributed by atoms with van der Waals surface area (Å²) in [5, 5.41) is 3.37.